The van der Waals surface area contributed by atoms with Gasteiger partial charge in [0.15, 0.2) is 0 Å². The minimum absolute atomic E-state index is 0.0230. The lowest BCUT2D eigenvalue weighted by Gasteiger charge is -2.70. The quantitative estimate of drug-likeness (QED) is 0.460. The first kappa shape index (κ1) is 21.7. The summed E-state index contributed by atoms with van der Waals surface area (Å²) in [6, 6.07) is 0. The molecule has 10 atom stereocenters. The number of hydrogen-bond acceptors (Lipinski definition) is 2. The highest BCUT2D eigenvalue weighted by atomic mass is 16.4. The predicted octanol–water partition coefficient (Wildman–Crippen LogP) is 6.45. The van der Waals surface area contributed by atoms with Gasteiger partial charge in [0.05, 0.1) is 11.5 Å². The lowest BCUT2D eigenvalue weighted by molar-refractivity contribution is -0.204. The molecule has 32 heavy (non-hydrogen) atoms. The second-order valence-corrected chi connectivity index (χ2v) is 14.7. The smallest absolute Gasteiger partial charge is 0.310 e. The molecule has 3 heteroatoms. The van der Waals surface area contributed by atoms with Crippen molar-refractivity contribution in [1.82, 2.24) is 0 Å². The van der Waals surface area contributed by atoms with Crippen LogP contribution in [0.5, 0.6) is 0 Å². The van der Waals surface area contributed by atoms with Gasteiger partial charge in [-0.3, -0.25) is 4.79 Å². The number of rotatable bonds is 1. The number of carboxylic acid groups (broad SMARTS) is 1. The van der Waals surface area contributed by atoms with Gasteiger partial charge in [0.2, 0.25) is 0 Å². The second-order valence-electron chi connectivity index (χ2n) is 14.7. The van der Waals surface area contributed by atoms with Crippen LogP contribution in [0.2, 0.25) is 0 Å². The second kappa shape index (κ2) is 5.86. The first-order chi connectivity index (χ1) is 14.8. The Labute approximate surface area is 194 Å². The average Bonchev–Trinajstić information content (AvgIpc) is 3.08. The van der Waals surface area contributed by atoms with E-state index in [4.69, 9.17) is 0 Å². The third-order valence-electron chi connectivity index (χ3n) is 13.7. The summed E-state index contributed by atoms with van der Waals surface area (Å²) >= 11 is 0. The molecular weight excluding hydrogens is 396 g/mol. The number of aliphatic hydroxyl groups is 1. The summed E-state index contributed by atoms with van der Waals surface area (Å²) in [6.45, 7) is 14.7. The van der Waals surface area contributed by atoms with Crippen LogP contribution in [0.1, 0.15) is 99.3 Å². The number of hydrogen-bond donors (Lipinski definition) is 2. The topological polar surface area (TPSA) is 57.5 Å². The van der Waals surface area contributed by atoms with E-state index >= 15 is 0 Å². The molecule has 0 heterocycles. The van der Waals surface area contributed by atoms with Crippen molar-refractivity contribution in [3.63, 3.8) is 0 Å². The molecule has 0 saturated heterocycles. The van der Waals surface area contributed by atoms with Gasteiger partial charge in [-0.05, 0) is 109 Å². The molecule has 0 amide bonds. The maximum Gasteiger partial charge on any atom is 0.310 e. The molecule has 0 spiro atoms. The molecule has 0 aromatic carbocycles. The highest BCUT2D eigenvalue weighted by Gasteiger charge is 2.77. The molecule has 1 unspecified atom stereocenters. The molecule has 3 nitrogen and oxygen atoms in total. The predicted molar refractivity (Wildman–Crippen MR) is 126 cm³/mol. The first-order valence-electron chi connectivity index (χ1n) is 13.4. The Kier molecular flexibility index (Phi) is 3.97. The number of carboxylic acids is 1. The van der Waals surface area contributed by atoms with Crippen molar-refractivity contribution in [2.24, 2.45) is 56.2 Å². The van der Waals surface area contributed by atoms with Crippen LogP contribution in [-0.2, 0) is 4.79 Å². The van der Waals surface area contributed by atoms with Crippen molar-refractivity contribution in [3.05, 3.63) is 11.6 Å². The van der Waals surface area contributed by atoms with Gasteiger partial charge < -0.3 is 10.2 Å². The summed E-state index contributed by atoms with van der Waals surface area (Å²) < 4.78 is 0. The van der Waals surface area contributed by atoms with Gasteiger partial charge in [0.25, 0.3) is 0 Å². The van der Waals surface area contributed by atoms with Crippen LogP contribution in [0.3, 0.4) is 0 Å². The number of aliphatic carboxylic acids is 1. The van der Waals surface area contributed by atoms with Gasteiger partial charge in [0, 0.05) is 0 Å². The zero-order valence-electron chi connectivity index (χ0n) is 21.1. The number of fused-ring (bicyclic) bond motifs is 6. The number of aliphatic hydroxyl groups excluding tert-OH is 1. The minimum atomic E-state index is -0.511. The van der Waals surface area contributed by atoms with Crippen LogP contribution >= 0.6 is 0 Å². The summed E-state index contributed by atoms with van der Waals surface area (Å²) in [4.78, 5) is 12.8. The molecule has 6 rings (SSSR count). The molecule has 5 fully saturated rings. The van der Waals surface area contributed by atoms with E-state index in [0.717, 1.165) is 44.9 Å². The van der Waals surface area contributed by atoms with Crippen molar-refractivity contribution in [3.8, 4) is 0 Å². The monoisotopic (exact) mass is 440 g/mol. The van der Waals surface area contributed by atoms with E-state index in [9.17, 15) is 15.0 Å². The summed E-state index contributed by atoms with van der Waals surface area (Å²) in [5.41, 5.74) is 1.80. The van der Waals surface area contributed by atoms with Crippen molar-refractivity contribution in [2.75, 3.05) is 0 Å². The van der Waals surface area contributed by atoms with Gasteiger partial charge in [-0.15, -0.1) is 0 Å². The molecule has 0 aromatic heterocycles. The normalized spacial score (nSPS) is 59.6. The Bertz CT molecular complexity index is 919. The van der Waals surface area contributed by atoms with E-state index < -0.39 is 11.4 Å². The first-order valence-corrected chi connectivity index (χ1v) is 13.4. The third kappa shape index (κ3) is 2.05. The average molecular weight is 441 g/mol. The Morgan fingerprint density at radius 1 is 0.906 bits per heavy atom. The van der Waals surface area contributed by atoms with Gasteiger partial charge in [-0.1, -0.05) is 53.2 Å². The van der Waals surface area contributed by atoms with Gasteiger partial charge in [-0.2, -0.15) is 0 Å². The Morgan fingerprint density at radius 2 is 1.62 bits per heavy atom. The van der Waals surface area contributed by atoms with Crippen LogP contribution in [0.4, 0.5) is 0 Å². The molecule has 0 radical (unpaired) electrons. The summed E-state index contributed by atoms with van der Waals surface area (Å²) in [5.74, 6) is 1.25. The van der Waals surface area contributed by atoms with Crippen LogP contribution in [0.15, 0.2) is 11.6 Å². The summed E-state index contributed by atoms with van der Waals surface area (Å²) in [6.07, 6.45) is 12.1. The summed E-state index contributed by atoms with van der Waals surface area (Å²) in [7, 11) is 0. The number of carbonyl (C=O) groups is 1. The highest BCUT2D eigenvalue weighted by Crippen LogP contribution is 2.82. The Morgan fingerprint density at radius 3 is 2.31 bits per heavy atom. The molecule has 6 aliphatic carbocycles. The SMILES string of the molecule is CC1(C)[C@@H](O)CC[C@]2(C)[C@H]3CC=C4[C@@H]5C[C@@]6(C)CC[C@]5(C(=O)O)C6C[C@@]4(C)[C@]3(C)CC[C@@H]12. The van der Waals surface area contributed by atoms with Crippen molar-refractivity contribution >= 4 is 5.97 Å². The molecule has 0 aliphatic heterocycles. The van der Waals surface area contributed by atoms with Crippen LogP contribution < -0.4 is 0 Å². The standard InChI is InChI=1S/C29H44O3/c1-24(2)19-9-12-27(5)20(26(19,4)11-10-22(24)30)8-7-17-18-15-25(3)13-14-29(18,23(31)32)21(25)16-28(17,27)6/h7,18-22,30H,8-16H2,1-6H3,(H,31,32)/t18-,19-,20+,21?,22-,25+,26-,27+,28+,29+/m0/s1. The van der Waals surface area contributed by atoms with Crippen molar-refractivity contribution in [2.45, 2.75) is 105 Å². The Hall–Kier alpha value is -0.830. The maximum absolute atomic E-state index is 12.8. The number of allylic oxidation sites excluding steroid dienone is 2. The fraction of sp³-hybridized carbons (Fsp3) is 0.897. The fourth-order valence-corrected chi connectivity index (χ4v) is 11.8. The van der Waals surface area contributed by atoms with Crippen LogP contribution in [-0.4, -0.2) is 22.3 Å². The minimum Gasteiger partial charge on any atom is -0.481 e. The van der Waals surface area contributed by atoms with E-state index in [1.54, 1.807) is 0 Å². The molecule has 6 aliphatic rings. The van der Waals surface area contributed by atoms with E-state index in [-0.39, 0.29) is 39.1 Å². The highest BCUT2D eigenvalue weighted by molar-refractivity contribution is 5.78. The van der Waals surface area contributed by atoms with Crippen molar-refractivity contribution in [1.29, 1.82) is 0 Å². The molecule has 0 aromatic rings. The zero-order chi connectivity index (χ0) is 23.1. The molecular formula is C29H44O3. The third-order valence-corrected chi connectivity index (χ3v) is 13.7. The lowest BCUT2D eigenvalue weighted by atomic mass is 9.34. The maximum atomic E-state index is 12.8. The van der Waals surface area contributed by atoms with Crippen LogP contribution in [0, 0.1) is 56.2 Å². The van der Waals surface area contributed by atoms with E-state index in [0.29, 0.717) is 17.8 Å². The van der Waals surface area contributed by atoms with E-state index in [1.807, 2.05) is 0 Å². The molecule has 5 saturated carbocycles. The molecule has 2 N–H and O–H groups in total. The largest absolute Gasteiger partial charge is 0.481 e. The summed E-state index contributed by atoms with van der Waals surface area (Å²) in [5, 5.41) is 21.4. The van der Waals surface area contributed by atoms with Gasteiger partial charge in [0.1, 0.15) is 0 Å². The van der Waals surface area contributed by atoms with Crippen molar-refractivity contribution < 1.29 is 15.0 Å². The van der Waals surface area contributed by atoms with E-state index in [2.05, 4.69) is 47.6 Å². The van der Waals surface area contributed by atoms with E-state index in [1.165, 1.54) is 18.4 Å². The molecule has 178 valence electrons. The van der Waals surface area contributed by atoms with Gasteiger partial charge in [-0.25, -0.2) is 0 Å². The van der Waals surface area contributed by atoms with Gasteiger partial charge >= 0.3 is 5.97 Å². The molecule has 4 bridgehead atoms. The van der Waals surface area contributed by atoms with Crippen LogP contribution in [0.25, 0.3) is 0 Å². The lowest BCUT2D eigenvalue weighted by Crippen LogP contribution is -2.64. The zero-order valence-corrected chi connectivity index (χ0v) is 21.1. The fourth-order valence-electron chi connectivity index (χ4n) is 11.8. The Balaban J connectivity index is 1.47.